The van der Waals surface area contributed by atoms with Crippen LogP contribution in [0.3, 0.4) is 0 Å². The quantitative estimate of drug-likeness (QED) is 0.796. The minimum atomic E-state index is -0.964. The van der Waals surface area contributed by atoms with Crippen LogP contribution in [0, 0.1) is 18.6 Å². The minimum absolute atomic E-state index is 0.192. The van der Waals surface area contributed by atoms with E-state index in [1.165, 1.54) is 10.9 Å². The van der Waals surface area contributed by atoms with Crippen molar-refractivity contribution in [3.63, 3.8) is 0 Å². The van der Waals surface area contributed by atoms with Crippen LogP contribution >= 0.6 is 11.3 Å². The van der Waals surface area contributed by atoms with Gasteiger partial charge in [-0.2, -0.15) is 0 Å². The monoisotopic (exact) mass is 350 g/mol. The van der Waals surface area contributed by atoms with Crippen molar-refractivity contribution in [1.29, 1.82) is 0 Å². The number of thiophene rings is 1. The number of hydrogen-bond acceptors (Lipinski definition) is 2. The van der Waals surface area contributed by atoms with Gasteiger partial charge in [-0.05, 0) is 44.0 Å². The molecule has 128 valence electrons. The summed E-state index contributed by atoms with van der Waals surface area (Å²) >= 11 is 1.67. The summed E-state index contributed by atoms with van der Waals surface area (Å²) in [4.78, 5) is 16.9. The van der Waals surface area contributed by atoms with Crippen molar-refractivity contribution in [3.8, 4) is 0 Å². The van der Waals surface area contributed by atoms with Crippen LogP contribution in [0.5, 0.6) is 0 Å². The molecule has 0 atom stereocenters. The lowest BCUT2D eigenvalue weighted by molar-refractivity contribution is 0.185. The highest BCUT2D eigenvalue weighted by Crippen LogP contribution is 2.27. The Kier molecular flexibility index (Phi) is 5.14. The molecule has 0 unspecified atom stereocenters. The number of rotatable bonds is 4. The topological polar surface area (TPSA) is 32.3 Å². The van der Waals surface area contributed by atoms with Gasteiger partial charge in [0.15, 0.2) is 11.6 Å². The van der Waals surface area contributed by atoms with E-state index < -0.39 is 11.6 Å². The number of amides is 2. The molecule has 3 nitrogen and oxygen atoms in total. The van der Waals surface area contributed by atoms with Crippen molar-refractivity contribution in [2.45, 2.75) is 45.2 Å². The Bertz CT molecular complexity index is 726. The summed E-state index contributed by atoms with van der Waals surface area (Å²) in [5.74, 6) is -1.89. The number of urea groups is 1. The third-order valence-electron chi connectivity index (χ3n) is 4.32. The lowest BCUT2D eigenvalue weighted by Crippen LogP contribution is -2.41. The van der Waals surface area contributed by atoms with Crippen molar-refractivity contribution in [1.82, 2.24) is 4.90 Å². The summed E-state index contributed by atoms with van der Waals surface area (Å²) in [6, 6.07) is 7.41. The van der Waals surface area contributed by atoms with Crippen molar-refractivity contribution in [2.24, 2.45) is 0 Å². The zero-order chi connectivity index (χ0) is 17.1. The molecule has 24 heavy (non-hydrogen) atoms. The molecular formula is C18H20F2N2OS. The predicted molar refractivity (Wildman–Crippen MR) is 92.2 cm³/mol. The van der Waals surface area contributed by atoms with Crippen LogP contribution in [0.25, 0.3) is 0 Å². The number of benzene rings is 1. The zero-order valence-electron chi connectivity index (χ0n) is 13.5. The molecule has 0 spiro atoms. The van der Waals surface area contributed by atoms with E-state index in [1.54, 1.807) is 11.3 Å². The SMILES string of the molecule is Cc1ccc(CN(C(=O)Nc2ccc(F)c(F)c2)C2CCCC2)s1. The molecule has 1 saturated carbocycles. The number of aryl methyl sites for hydroxylation is 1. The highest BCUT2D eigenvalue weighted by Gasteiger charge is 2.27. The average Bonchev–Trinajstić information content (AvgIpc) is 3.20. The van der Waals surface area contributed by atoms with Crippen LogP contribution < -0.4 is 5.32 Å². The van der Waals surface area contributed by atoms with Gasteiger partial charge in [0.25, 0.3) is 0 Å². The zero-order valence-corrected chi connectivity index (χ0v) is 14.3. The predicted octanol–water partition coefficient (Wildman–Crippen LogP) is 5.31. The van der Waals surface area contributed by atoms with Crippen LogP contribution in [-0.4, -0.2) is 17.0 Å². The Morgan fingerprint density at radius 3 is 2.58 bits per heavy atom. The first-order valence-electron chi connectivity index (χ1n) is 8.11. The maximum atomic E-state index is 13.3. The molecule has 6 heteroatoms. The maximum Gasteiger partial charge on any atom is 0.322 e. The third kappa shape index (κ3) is 3.93. The van der Waals surface area contributed by atoms with Crippen LogP contribution in [0.4, 0.5) is 19.3 Å². The molecule has 0 aliphatic heterocycles. The summed E-state index contributed by atoms with van der Waals surface area (Å²) in [5.41, 5.74) is 0.268. The molecule has 1 N–H and O–H groups in total. The first kappa shape index (κ1) is 16.9. The molecule has 0 saturated heterocycles. The summed E-state index contributed by atoms with van der Waals surface area (Å²) in [6.45, 7) is 2.58. The van der Waals surface area contributed by atoms with E-state index in [4.69, 9.17) is 0 Å². The number of carbonyl (C=O) groups is 1. The molecule has 1 aromatic heterocycles. The van der Waals surface area contributed by atoms with E-state index in [-0.39, 0.29) is 17.8 Å². The lowest BCUT2D eigenvalue weighted by atomic mass is 10.2. The highest BCUT2D eigenvalue weighted by atomic mass is 32.1. The van der Waals surface area contributed by atoms with Gasteiger partial charge in [0.1, 0.15) is 0 Å². The number of anilines is 1. The van der Waals surface area contributed by atoms with Crippen molar-refractivity contribution in [3.05, 3.63) is 51.7 Å². The first-order valence-corrected chi connectivity index (χ1v) is 8.92. The summed E-state index contributed by atoms with van der Waals surface area (Å²) in [5, 5.41) is 2.70. The van der Waals surface area contributed by atoms with Crippen LogP contribution in [0.15, 0.2) is 30.3 Å². The normalized spacial score (nSPS) is 14.8. The average molecular weight is 350 g/mol. The van der Waals surface area contributed by atoms with Gasteiger partial charge >= 0.3 is 6.03 Å². The number of nitrogens with one attached hydrogen (secondary N) is 1. The molecule has 2 aromatic rings. The number of nitrogens with zero attached hydrogens (tertiary/aromatic N) is 1. The fraction of sp³-hybridized carbons (Fsp3) is 0.389. The molecule has 2 amide bonds. The molecule has 0 radical (unpaired) electrons. The van der Waals surface area contributed by atoms with Crippen LogP contribution in [-0.2, 0) is 6.54 Å². The van der Waals surface area contributed by atoms with Crippen LogP contribution in [0.2, 0.25) is 0 Å². The summed E-state index contributed by atoms with van der Waals surface area (Å²) in [6.07, 6.45) is 4.19. The molecule has 1 fully saturated rings. The number of hydrogen-bond donors (Lipinski definition) is 1. The summed E-state index contributed by atoms with van der Waals surface area (Å²) < 4.78 is 26.4. The van der Waals surface area contributed by atoms with E-state index in [0.29, 0.717) is 6.54 Å². The fourth-order valence-corrected chi connectivity index (χ4v) is 3.98. The molecule has 0 bridgehead atoms. The second kappa shape index (κ2) is 7.30. The largest absolute Gasteiger partial charge is 0.322 e. The van der Waals surface area contributed by atoms with E-state index in [0.717, 1.165) is 42.7 Å². The Hall–Kier alpha value is -1.95. The Morgan fingerprint density at radius 2 is 1.96 bits per heavy atom. The standard InChI is InChI=1S/C18H20F2N2OS/c1-12-6-8-15(24-12)11-22(14-4-2-3-5-14)18(23)21-13-7-9-16(19)17(20)10-13/h6-10,14H,2-5,11H2,1H3,(H,21,23). The van der Waals surface area contributed by atoms with Crippen LogP contribution in [0.1, 0.15) is 35.4 Å². The Morgan fingerprint density at radius 1 is 1.21 bits per heavy atom. The second-order valence-electron chi connectivity index (χ2n) is 6.14. The van der Waals surface area contributed by atoms with Gasteiger partial charge in [0.2, 0.25) is 0 Å². The van der Waals surface area contributed by atoms with Gasteiger partial charge in [-0.3, -0.25) is 0 Å². The molecule has 3 rings (SSSR count). The number of carbonyl (C=O) groups excluding carboxylic acids is 1. The molecule has 1 aliphatic carbocycles. The van der Waals surface area contributed by atoms with Gasteiger partial charge in [0.05, 0.1) is 6.54 Å². The van der Waals surface area contributed by atoms with Gasteiger partial charge in [-0.15, -0.1) is 11.3 Å². The van der Waals surface area contributed by atoms with Crippen molar-refractivity contribution in [2.75, 3.05) is 5.32 Å². The molecular weight excluding hydrogens is 330 g/mol. The first-order chi connectivity index (χ1) is 11.5. The van der Waals surface area contributed by atoms with Crippen molar-refractivity contribution >= 4 is 23.1 Å². The second-order valence-corrected chi connectivity index (χ2v) is 7.51. The van der Waals surface area contributed by atoms with E-state index in [1.807, 2.05) is 24.0 Å². The minimum Gasteiger partial charge on any atom is -0.316 e. The Balaban J connectivity index is 1.75. The van der Waals surface area contributed by atoms with E-state index in [9.17, 15) is 13.6 Å². The Labute approximate surface area is 144 Å². The third-order valence-corrected chi connectivity index (χ3v) is 5.30. The molecule has 1 aromatic carbocycles. The lowest BCUT2D eigenvalue weighted by Gasteiger charge is -2.28. The van der Waals surface area contributed by atoms with Gasteiger partial charge in [-0.25, -0.2) is 13.6 Å². The van der Waals surface area contributed by atoms with Crippen molar-refractivity contribution < 1.29 is 13.6 Å². The fourth-order valence-electron chi connectivity index (χ4n) is 3.09. The number of halogens is 2. The smallest absolute Gasteiger partial charge is 0.316 e. The highest BCUT2D eigenvalue weighted by molar-refractivity contribution is 7.11. The molecule has 1 heterocycles. The van der Waals surface area contributed by atoms with E-state index in [2.05, 4.69) is 5.32 Å². The van der Waals surface area contributed by atoms with Gasteiger partial charge in [0, 0.05) is 27.5 Å². The van der Waals surface area contributed by atoms with Gasteiger partial charge in [-0.1, -0.05) is 12.8 Å². The summed E-state index contributed by atoms with van der Waals surface area (Å²) in [7, 11) is 0. The van der Waals surface area contributed by atoms with E-state index >= 15 is 0 Å². The van der Waals surface area contributed by atoms with Gasteiger partial charge < -0.3 is 10.2 Å². The molecule has 1 aliphatic rings. The maximum absolute atomic E-state index is 13.3.